The van der Waals surface area contributed by atoms with Crippen molar-refractivity contribution in [2.45, 2.75) is 0 Å². The molecule has 0 saturated heterocycles. The van der Waals surface area contributed by atoms with E-state index in [1.807, 2.05) is 12.1 Å². The Labute approximate surface area is 68.4 Å². The Hall–Kier alpha value is -0.940. The summed E-state index contributed by atoms with van der Waals surface area (Å²) in [6.07, 6.45) is 5.17. The maximum absolute atomic E-state index is 5.54. The Kier molecular flexibility index (Phi) is 1.98. The Morgan fingerprint density at radius 2 is 2.20 bits per heavy atom. The molecule has 0 aromatic heterocycles. The molecule has 0 atom stereocenters. The van der Waals surface area contributed by atoms with Gasteiger partial charge in [-0.25, -0.2) is 0 Å². The van der Waals surface area contributed by atoms with E-state index in [0.717, 1.165) is 10.0 Å². The first kappa shape index (κ1) is 7.17. The highest BCUT2D eigenvalue weighted by Crippen LogP contribution is 2.16. The minimum absolute atomic E-state index is 0.644. The van der Waals surface area contributed by atoms with Gasteiger partial charge in [0.1, 0.15) is 0 Å². The van der Waals surface area contributed by atoms with Crippen molar-refractivity contribution >= 4 is 21.6 Å². The summed E-state index contributed by atoms with van der Waals surface area (Å²) in [6, 6.07) is 5.45. The van der Waals surface area contributed by atoms with E-state index < -0.39 is 0 Å². The molecule has 1 aromatic carbocycles. The normalized spacial score (nSPS) is 8.80. The molecule has 0 spiro atoms. The third-order valence-electron chi connectivity index (χ3n) is 1.17. The number of nitrogens with two attached hydrogens (primary N) is 1. The second-order valence-electron chi connectivity index (χ2n) is 1.88. The maximum Gasteiger partial charge on any atom is 0.0483 e. The van der Waals surface area contributed by atoms with Gasteiger partial charge in [0.2, 0.25) is 0 Å². The smallest absolute Gasteiger partial charge is 0.0483 e. The highest BCUT2D eigenvalue weighted by atomic mass is 79.9. The van der Waals surface area contributed by atoms with Gasteiger partial charge in [0.05, 0.1) is 0 Å². The van der Waals surface area contributed by atoms with E-state index in [9.17, 15) is 0 Å². The van der Waals surface area contributed by atoms with E-state index in [1.165, 1.54) is 0 Å². The number of benzene rings is 1. The highest BCUT2D eigenvalue weighted by Gasteiger charge is 1.93. The molecule has 0 fully saturated rings. The zero-order valence-corrected chi connectivity index (χ0v) is 6.85. The van der Waals surface area contributed by atoms with E-state index >= 15 is 0 Å². The van der Waals surface area contributed by atoms with Gasteiger partial charge in [-0.1, -0.05) is 21.9 Å². The molecule has 0 heterocycles. The van der Waals surface area contributed by atoms with E-state index in [4.69, 9.17) is 12.2 Å². The van der Waals surface area contributed by atoms with Crippen LogP contribution >= 0.6 is 15.9 Å². The van der Waals surface area contributed by atoms with Crippen molar-refractivity contribution in [3.8, 4) is 12.3 Å². The zero-order chi connectivity index (χ0) is 7.56. The molecule has 0 aliphatic rings. The summed E-state index contributed by atoms with van der Waals surface area (Å²) in [5.74, 6) is 2.48. The molecule has 0 radical (unpaired) electrons. The average Bonchev–Trinajstić information content (AvgIpc) is 1.94. The van der Waals surface area contributed by atoms with Gasteiger partial charge in [-0.15, -0.1) is 6.42 Å². The van der Waals surface area contributed by atoms with Gasteiger partial charge in [-0.2, -0.15) is 0 Å². The summed E-state index contributed by atoms with van der Waals surface area (Å²) < 4.78 is 0.953. The second kappa shape index (κ2) is 2.76. The number of halogens is 1. The summed E-state index contributed by atoms with van der Waals surface area (Å²) in [4.78, 5) is 0. The molecule has 2 heteroatoms. The molecule has 0 aliphatic carbocycles. The lowest BCUT2D eigenvalue weighted by Gasteiger charge is -1.96. The molecule has 0 bridgehead atoms. The first-order valence-corrected chi connectivity index (χ1v) is 3.55. The molecule has 50 valence electrons. The van der Waals surface area contributed by atoms with Crippen LogP contribution < -0.4 is 5.73 Å². The molecule has 0 aliphatic heterocycles. The summed E-state index contributed by atoms with van der Waals surface area (Å²) in [5.41, 5.74) is 6.91. The van der Waals surface area contributed by atoms with Crippen LogP contribution in [0.2, 0.25) is 0 Å². The predicted molar refractivity (Wildman–Crippen MR) is 46.5 cm³/mol. The first-order valence-electron chi connectivity index (χ1n) is 2.75. The fourth-order valence-corrected chi connectivity index (χ4v) is 1.01. The fourth-order valence-electron chi connectivity index (χ4n) is 0.654. The van der Waals surface area contributed by atoms with Crippen molar-refractivity contribution in [2.75, 3.05) is 5.73 Å². The molecular weight excluding hydrogens is 190 g/mol. The van der Waals surface area contributed by atoms with Gasteiger partial charge in [0, 0.05) is 15.7 Å². The summed E-state index contributed by atoms with van der Waals surface area (Å²) in [5, 5.41) is 0. The number of terminal acetylenes is 1. The Morgan fingerprint density at radius 1 is 1.50 bits per heavy atom. The molecule has 1 rings (SSSR count). The molecule has 0 amide bonds. The Balaban J connectivity index is 3.25. The molecule has 0 saturated carbocycles. The van der Waals surface area contributed by atoms with Crippen LogP contribution in [0, 0.1) is 12.3 Å². The maximum atomic E-state index is 5.54. The zero-order valence-electron chi connectivity index (χ0n) is 5.26. The van der Waals surface area contributed by atoms with Gasteiger partial charge in [-0.05, 0) is 18.2 Å². The van der Waals surface area contributed by atoms with Crippen molar-refractivity contribution in [2.24, 2.45) is 0 Å². The second-order valence-corrected chi connectivity index (χ2v) is 2.79. The van der Waals surface area contributed by atoms with Gasteiger partial charge in [-0.3, -0.25) is 0 Å². The number of anilines is 1. The summed E-state index contributed by atoms with van der Waals surface area (Å²) in [7, 11) is 0. The first-order chi connectivity index (χ1) is 4.74. The van der Waals surface area contributed by atoms with Crippen molar-refractivity contribution < 1.29 is 0 Å². The fraction of sp³-hybridized carbons (Fsp3) is 0. The van der Waals surface area contributed by atoms with Crippen LogP contribution in [-0.2, 0) is 0 Å². The lowest BCUT2D eigenvalue weighted by atomic mass is 10.2. The van der Waals surface area contributed by atoms with Gasteiger partial charge in [0.25, 0.3) is 0 Å². The minimum atomic E-state index is 0.644. The van der Waals surface area contributed by atoms with Crippen LogP contribution in [0.5, 0.6) is 0 Å². The topological polar surface area (TPSA) is 26.0 Å². The van der Waals surface area contributed by atoms with E-state index in [0.29, 0.717) is 5.69 Å². The van der Waals surface area contributed by atoms with Gasteiger partial charge < -0.3 is 5.73 Å². The van der Waals surface area contributed by atoms with E-state index in [1.54, 1.807) is 6.07 Å². The van der Waals surface area contributed by atoms with Crippen LogP contribution in [0.25, 0.3) is 0 Å². The van der Waals surface area contributed by atoms with Gasteiger partial charge in [0.15, 0.2) is 0 Å². The monoisotopic (exact) mass is 195 g/mol. The van der Waals surface area contributed by atoms with Crippen molar-refractivity contribution in [3.05, 3.63) is 28.2 Å². The molecular formula is C8H6BrN. The van der Waals surface area contributed by atoms with E-state index in [2.05, 4.69) is 21.9 Å². The number of rotatable bonds is 0. The average molecular weight is 196 g/mol. The summed E-state index contributed by atoms with van der Waals surface area (Å²) in [6.45, 7) is 0. The minimum Gasteiger partial charge on any atom is -0.398 e. The summed E-state index contributed by atoms with van der Waals surface area (Å²) >= 11 is 3.29. The van der Waals surface area contributed by atoms with Crippen molar-refractivity contribution in [3.63, 3.8) is 0 Å². The number of nitrogen functional groups attached to an aromatic ring is 1. The SMILES string of the molecule is C#Cc1cc(Br)ccc1N. The third kappa shape index (κ3) is 1.31. The van der Waals surface area contributed by atoms with Crippen LogP contribution in [0.4, 0.5) is 5.69 Å². The lowest BCUT2D eigenvalue weighted by molar-refractivity contribution is 1.59. The van der Waals surface area contributed by atoms with Crippen LogP contribution in [0.3, 0.4) is 0 Å². The Morgan fingerprint density at radius 3 is 2.70 bits per heavy atom. The molecule has 0 unspecified atom stereocenters. The predicted octanol–water partition coefficient (Wildman–Crippen LogP) is 2.01. The number of hydrogen-bond acceptors (Lipinski definition) is 1. The van der Waals surface area contributed by atoms with Gasteiger partial charge >= 0.3 is 0 Å². The van der Waals surface area contributed by atoms with Crippen molar-refractivity contribution in [1.29, 1.82) is 0 Å². The van der Waals surface area contributed by atoms with Crippen LogP contribution in [0.15, 0.2) is 22.7 Å². The standard InChI is InChI=1S/C8H6BrN/c1-2-6-5-7(9)3-4-8(6)10/h1,3-5H,10H2. The third-order valence-corrected chi connectivity index (χ3v) is 1.66. The molecule has 10 heavy (non-hydrogen) atoms. The lowest BCUT2D eigenvalue weighted by Crippen LogP contribution is -1.88. The van der Waals surface area contributed by atoms with Crippen molar-refractivity contribution in [1.82, 2.24) is 0 Å². The van der Waals surface area contributed by atoms with Crippen LogP contribution in [0.1, 0.15) is 5.56 Å². The molecule has 2 N–H and O–H groups in total. The quantitative estimate of drug-likeness (QED) is 0.498. The highest BCUT2D eigenvalue weighted by molar-refractivity contribution is 9.10. The Bertz CT molecular complexity index is 286. The van der Waals surface area contributed by atoms with E-state index in [-0.39, 0.29) is 0 Å². The largest absolute Gasteiger partial charge is 0.398 e. The number of hydrogen-bond donors (Lipinski definition) is 1. The molecule has 1 aromatic rings. The molecule has 1 nitrogen and oxygen atoms in total. The van der Waals surface area contributed by atoms with Crippen LogP contribution in [-0.4, -0.2) is 0 Å².